The summed E-state index contributed by atoms with van der Waals surface area (Å²) in [5.74, 6) is -0.241. The first-order valence-electron chi connectivity index (χ1n) is 5.30. The van der Waals surface area contributed by atoms with Gasteiger partial charge < -0.3 is 10.6 Å². The highest BCUT2D eigenvalue weighted by atomic mass is 35.5. The third-order valence-corrected chi connectivity index (χ3v) is 2.21. The molecule has 0 aromatic rings. The predicted molar refractivity (Wildman–Crippen MR) is 61.3 cm³/mol. The summed E-state index contributed by atoms with van der Waals surface area (Å²) in [6.07, 6.45) is 4.46. The Morgan fingerprint density at radius 2 is 1.87 bits per heavy atom. The van der Waals surface area contributed by atoms with Crippen molar-refractivity contribution in [2.45, 2.75) is 32.6 Å². The molecule has 0 saturated heterocycles. The molecule has 0 atom stereocenters. The molecular formula is C10H19ClN2O2. The molecule has 0 spiro atoms. The number of carbonyl (C=O) groups excluding carboxylic acids is 2. The predicted octanol–water partition coefficient (Wildman–Crippen LogP) is 1.67. The molecule has 0 aromatic carbocycles. The summed E-state index contributed by atoms with van der Waals surface area (Å²) in [6, 6.07) is -0.301. The van der Waals surface area contributed by atoms with E-state index in [1.165, 1.54) is 12.8 Å². The van der Waals surface area contributed by atoms with Crippen molar-refractivity contribution in [3.05, 3.63) is 0 Å². The molecule has 2 N–H and O–H groups in total. The average molecular weight is 235 g/mol. The lowest BCUT2D eigenvalue weighted by molar-refractivity contribution is -0.115. The summed E-state index contributed by atoms with van der Waals surface area (Å²) in [4.78, 5) is 21.8. The minimum absolute atomic E-state index is 0.00426. The Morgan fingerprint density at radius 1 is 1.13 bits per heavy atom. The van der Waals surface area contributed by atoms with Crippen molar-refractivity contribution in [2.75, 3.05) is 19.0 Å². The van der Waals surface area contributed by atoms with E-state index in [0.717, 1.165) is 12.8 Å². The van der Waals surface area contributed by atoms with Gasteiger partial charge >= 0.3 is 6.03 Å². The summed E-state index contributed by atoms with van der Waals surface area (Å²) in [6.45, 7) is 2.79. The lowest BCUT2D eigenvalue weighted by Gasteiger charge is -2.05. The number of ketones is 1. The molecule has 4 nitrogen and oxygen atoms in total. The van der Waals surface area contributed by atoms with Crippen LogP contribution >= 0.6 is 11.6 Å². The van der Waals surface area contributed by atoms with E-state index in [9.17, 15) is 9.59 Å². The molecule has 0 aliphatic carbocycles. The number of urea groups is 1. The van der Waals surface area contributed by atoms with Gasteiger partial charge in [0, 0.05) is 6.54 Å². The molecule has 0 saturated carbocycles. The van der Waals surface area contributed by atoms with Crippen molar-refractivity contribution in [1.82, 2.24) is 10.6 Å². The first kappa shape index (κ1) is 14.2. The topological polar surface area (TPSA) is 58.2 Å². The molecule has 0 unspecified atom stereocenters. The zero-order valence-electron chi connectivity index (χ0n) is 9.14. The molecule has 0 aromatic heterocycles. The SMILES string of the molecule is CCCCCCNC(=O)NCC(=O)CCl. The Bertz CT molecular complexity index is 198. The van der Waals surface area contributed by atoms with Crippen molar-refractivity contribution in [3.63, 3.8) is 0 Å². The number of nitrogens with one attached hydrogen (secondary N) is 2. The number of carbonyl (C=O) groups is 2. The summed E-state index contributed by atoms with van der Waals surface area (Å²) in [7, 11) is 0. The van der Waals surface area contributed by atoms with Crippen molar-refractivity contribution in [3.8, 4) is 0 Å². The maximum absolute atomic E-state index is 11.1. The van der Waals surface area contributed by atoms with Gasteiger partial charge in [0.1, 0.15) is 0 Å². The third-order valence-electron chi connectivity index (χ3n) is 1.91. The largest absolute Gasteiger partial charge is 0.338 e. The number of alkyl halides is 1. The minimum atomic E-state index is -0.301. The molecule has 0 rings (SSSR count). The first-order valence-corrected chi connectivity index (χ1v) is 5.83. The molecule has 0 radical (unpaired) electrons. The van der Waals surface area contributed by atoms with Crippen LogP contribution in [0.3, 0.4) is 0 Å². The Morgan fingerprint density at radius 3 is 2.47 bits per heavy atom. The van der Waals surface area contributed by atoms with Crippen molar-refractivity contribution >= 4 is 23.4 Å². The lowest BCUT2D eigenvalue weighted by atomic mass is 10.2. The van der Waals surface area contributed by atoms with Gasteiger partial charge in [-0.3, -0.25) is 4.79 Å². The van der Waals surface area contributed by atoms with Gasteiger partial charge in [-0.05, 0) is 6.42 Å². The molecule has 88 valence electrons. The van der Waals surface area contributed by atoms with Crippen LogP contribution in [0.5, 0.6) is 0 Å². The fraction of sp³-hybridized carbons (Fsp3) is 0.800. The molecule has 0 bridgehead atoms. The minimum Gasteiger partial charge on any atom is -0.338 e. The summed E-state index contributed by atoms with van der Waals surface area (Å²) in [5.41, 5.74) is 0. The molecule has 0 aliphatic heterocycles. The number of amides is 2. The van der Waals surface area contributed by atoms with Crippen molar-refractivity contribution in [2.24, 2.45) is 0 Å². The number of Topliss-reactive ketones (excluding diaryl/α,β-unsaturated/α-hetero) is 1. The molecule has 0 heterocycles. The van der Waals surface area contributed by atoms with Gasteiger partial charge in [0.2, 0.25) is 0 Å². The maximum Gasteiger partial charge on any atom is 0.315 e. The Kier molecular flexibility index (Phi) is 9.27. The van der Waals surface area contributed by atoms with Gasteiger partial charge in [0.05, 0.1) is 12.4 Å². The Hall–Kier alpha value is -0.770. The summed E-state index contributed by atoms with van der Waals surface area (Å²) in [5, 5.41) is 5.12. The smallest absolute Gasteiger partial charge is 0.315 e. The van der Waals surface area contributed by atoms with E-state index in [2.05, 4.69) is 17.6 Å². The van der Waals surface area contributed by atoms with Crippen LogP contribution in [0.2, 0.25) is 0 Å². The van der Waals surface area contributed by atoms with E-state index in [4.69, 9.17) is 11.6 Å². The van der Waals surface area contributed by atoms with E-state index in [1.807, 2.05) is 0 Å². The number of rotatable bonds is 8. The lowest BCUT2D eigenvalue weighted by Crippen LogP contribution is -2.39. The van der Waals surface area contributed by atoms with Crippen LogP contribution in [0.1, 0.15) is 32.6 Å². The highest BCUT2D eigenvalue weighted by Gasteiger charge is 2.02. The average Bonchev–Trinajstić information content (AvgIpc) is 2.25. The van der Waals surface area contributed by atoms with Crippen LogP contribution < -0.4 is 10.6 Å². The van der Waals surface area contributed by atoms with Crippen LogP contribution in [0, 0.1) is 0 Å². The van der Waals surface area contributed by atoms with Gasteiger partial charge in [-0.25, -0.2) is 4.79 Å². The molecule has 2 amide bonds. The van der Waals surface area contributed by atoms with Gasteiger partial charge in [0.15, 0.2) is 5.78 Å². The van der Waals surface area contributed by atoms with Gasteiger partial charge in [-0.1, -0.05) is 26.2 Å². The zero-order valence-corrected chi connectivity index (χ0v) is 9.90. The molecule has 0 aliphatic rings. The maximum atomic E-state index is 11.1. The number of halogens is 1. The zero-order chi connectivity index (χ0) is 11.5. The second kappa shape index (κ2) is 9.77. The molecule has 0 fully saturated rings. The second-order valence-electron chi connectivity index (χ2n) is 3.34. The normalized spacial score (nSPS) is 9.73. The fourth-order valence-corrected chi connectivity index (χ4v) is 1.14. The van der Waals surface area contributed by atoms with Crippen molar-refractivity contribution < 1.29 is 9.59 Å². The highest BCUT2D eigenvalue weighted by Crippen LogP contribution is 1.96. The summed E-state index contributed by atoms with van der Waals surface area (Å²) < 4.78 is 0. The number of hydrogen-bond donors (Lipinski definition) is 2. The Labute approximate surface area is 95.7 Å². The second-order valence-corrected chi connectivity index (χ2v) is 3.61. The highest BCUT2D eigenvalue weighted by molar-refractivity contribution is 6.28. The third kappa shape index (κ3) is 9.53. The van der Waals surface area contributed by atoms with Crippen LogP contribution in [0.25, 0.3) is 0 Å². The van der Waals surface area contributed by atoms with Crippen molar-refractivity contribution in [1.29, 1.82) is 0 Å². The standard InChI is InChI=1S/C10H19ClN2O2/c1-2-3-4-5-6-12-10(15)13-8-9(14)7-11/h2-8H2,1H3,(H2,12,13,15). The number of hydrogen-bond acceptors (Lipinski definition) is 2. The van der Waals surface area contributed by atoms with E-state index < -0.39 is 0 Å². The molecule has 15 heavy (non-hydrogen) atoms. The van der Waals surface area contributed by atoms with Gasteiger partial charge in [-0.15, -0.1) is 11.6 Å². The molecule has 5 heteroatoms. The first-order chi connectivity index (χ1) is 7.20. The van der Waals surface area contributed by atoms with E-state index >= 15 is 0 Å². The van der Waals surface area contributed by atoms with E-state index in [1.54, 1.807) is 0 Å². The van der Waals surface area contributed by atoms with Crippen LogP contribution in [-0.4, -0.2) is 30.8 Å². The van der Waals surface area contributed by atoms with Gasteiger partial charge in [-0.2, -0.15) is 0 Å². The van der Waals surface area contributed by atoms with Crippen LogP contribution in [-0.2, 0) is 4.79 Å². The van der Waals surface area contributed by atoms with Gasteiger partial charge in [0.25, 0.3) is 0 Å². The quantitative estimate of drug-likeness (QED) is 0.496. The van der Waals surface area contributed by atoms with Crippen LogP contribution in [0.4, 0.5) is 4.79 Å². The summed E-state index contributed by atoms with van der Waals surface area (Å²) >= 11 is 5.28. The van der Waals surface area contributed by atoms with E-state index in [0.29, 0.717) is 6.54 Å². The Balaban J connectivity index is 3.30. The van der Waals surface area contributed by atoms with E-state index in [-0.39, 0.29) is 24.2 Å². The van der Waals surface area contributed by atoms with Crippen LogP contribution in [0.15, 0.2) is 0 Å². The monoisotopic (exact) mass is 234 g/mol. The number of unbranched alkanes of at least 4 members (excludes halogenated alkanes) is 3. The fourth-order valence-electron chi connectivity index (χ4n) is 1.04. The molecular weight excluding hydrogens is 216 g/mol.